The number of nitrogens with zero attached hydrogens (tertiary/aromatic N) is 1. The Bertz CT molecular complexity index is 675. The highest BCUT2D eigenvalue weighted by Crippen LogP contribution is 2.36. The van der Waals surface area contributed by atoms with Crippen LogP contribution in [0, 0.1) is 5.92 Å². The number of carbonyl (C=O) groups excluding carboxylic acids is 1. The number of fused-ring (bicyclic) bond motifs is 2. The lowest BCUT2D eigenvalue weighted by molar-refractivity contribution is -0.123. The lowest BCUT2D eigenvalue weighted by Gasteiger charge is -2.50. The van der Waals surface area contributed by atoms with Gasteiger partial charge < -0.3 is 20.3 Å². The largest absolute Gasteiger partial charge is 0.494 e. The van der Waals surface area contributed by atoms with Gasteiger partial charge in [0.2, 0.25) is 5.91 Å². The molecular weight excluding hydrogens is 358 g/mol. The summed E-state index contributed by atoms with van der Waals surface area (Å²) < 4.78 is 5.50. The first kappa shape index (κ1) is 18.5. The van der Waals surface area contributed by atoms with Crippen LogP contribution in [0.4, 0.5) is 5.69 Å². The average molecular weight is 388 g/mol. The lowest BCUT2D eigenvalue weighted by Crippen LogP contribution is -2.59. The molecule has 1 aromatic rings. The fourth-order valence-corrected chi connectivity index (χ4v) is 4.90. The Kier molecular flexibility index (Phi) is 5.53. The normalized spacial score (nSPS) is 27.0. The van der Waals surface area contributed by atoms with E-state index in [0.29, 0.717) is 24.7 Å². The Morgan fingerprint density at radius 1 is 1.15 bits per heavy atom. The van der Waals surface area contributed by atoms with Crippen molar-refractivity contribution < 1.29 is 9.53 Å². The summed E-state index contributed by atoms with van der Waals surface area (Å²) in [6.07, 6.45) is 7.68. The Balaban J connectivity index is 1.37. The van der Waals surface area contributed by atoms with Gasteiger partial charge in [0.15, 0.2) is 5.11 Å². The maximum absolute atomic E-state index is 12.2. The Morgan fingerprint density at radius 2 is 1.81 bits per heavy atom. The Morgan fingerprint density at radius 3 is 2.41 bits per heavy atom. The van der Waals surface area contributed by atoms with E-state index in [-0.39, 0.29) is 11.8 Å². The van der Waals surface area contributed by atoms with Gasteiger partial charge >= 0.3 is 0 Å². The minimum atomic E-state index is 0.265. The first-order valence-electron chi connectivity index (χ1n) is 10.3. The molecule has 2 heterocycles. The molecule has 0 radical (unpaired) electrons. The summed E-state index contributed by atoms with van der Waals surface area (Å²) in [5, 5.41) is 7.51. The number of hydrogen-bond acceptors (Lipinski definition) is 3. The van der Waals surface area contributed by atoms with Crippen molar-refractivity contribution in [2.45, 2.75) is 70.0 Å². The smallest absolute Gasteiger partial charge is 0.223 e. The number of benzene rings is 1. The third kappa shape index (κ3) is 4.37. The van der Waals surface area contributed by atoms with E-state index in [4.69, 9.17) is 17.0 Å². The number of thiocarbonyl (C=S) groups is 1. The molecule has 2 bridgehead atoms. The number of carbonyl (C=O) groups is 1. The van der Waals surface area contributed by atoms with Gasteiger partial charge in [-0.05, 0) is 88.4 Å². The molecule has 146 valence electrons. The molecule has 2 atom stereocenters. The van der Waals surface area contributed by atoms with Crippen molar-refractivity contribution in [1.29, 1.82) is 0 Å². The van der Waals surface area contributed by atoms with E-state index in [2.05, 4.69) is 15.5 Å². The van der Waals surface area contributed by atoms with Gasteiger partial charge in [-0.1, -0.05) is 0 Å². The summed E-state index contributed by atoms with van der Waals surface area (Å²) in [4.78, 5) is 14.5. The molecule has 1 saturated carbocycles. The number of piperidine rings is 2. The Hall–Kier alpha value is -1.82. The molecule has 2 saturated heterocycles. The zero-order valence-electron chi connectivity index (χ0n) is 15.9. The summed E-state index contributed by atoms with van der Waals surface area (Å²) in [6, 6.07) is 9.10. The molecule has 27 heavy (non-hydrogen) atoms. The van der Waals surface area contributed by atoms with Crippen LogP contribution in [0.25, 0.3) is 0 Å². The molecule has 1 amide bonds. The molecule has 3 fully saturated rings. The second-order valence-corrected chi connectivity index (χ2v) is 8.37. The van der Waals surface area contributed by atoms with Crippen LogP contribution in [0.3, 0.4) is 0 Å². The lowest BCUT2D eigenvalue weighted by atomic mass is 9.82. The van der Waals surface area contributed by atoms with Crippen LogP contribution in [0.2, 0.25) is 0 Å². The van der Waals surface area contributed by atoms with Crippen LogP contribution in [0.1, 0.15) is 51.9 Å². The van der Waals surface area contributed by atoms with Crippen molar-refractivity contribution in [2.24, 2.45) is 5.92 Å². The topological polar surface area (TPSA) is 53.6 Å². The van der Waals surface area contributed by atoms with Gasteiger partial charge in [-0.15, -0.1) is 0 Å². The van der Waals surface area contributed by atoms with Gasteiger partial charge in [-0.25, -0.2) is 0 Å². The second-order valence-electron chi connectivity index (χ2n) is 7.98. The van der Waals surface area contributed by atoms with Crippen molar-refractivity contribution in [3.05, 3.63) is 24.3 Å². The van der Waals surface area contributed by atoms with Gasteiger partial charge in [-0.3, -0.25) is 4.79 Å². The van der Waals surface area contributed by atoms with Crippen molar-refractivity contribution in [2.75, 3.05) is 11.9 Å². The summed E-state index contributed by atoms with van der Waals surface area (Å²) >= 11 is 5.77. The highest BCUT2D eigenvalue weighted by Gasteiger charge is 2.41. The van der Waals surface area contributed by atoms with Crippen LogP contribution in [-0.2, 0) is 4.79 Å². The maximum Gasteiger partial charge on any atom is 0.223 e. The predicted octanol–water partition coefficient (Wildman–Crippen LogP) is 3.69. The number of amides is 1. The van der Waals surface area contributed by atoms with Crippen LogP contribution < -0.4 is 15.4 Å². The van der Waals surface area contributed by atoms with E-state index in [1.807, 2.05) is 31.2 Å². The van der Waals surface area contributed by atoms with Crippen LogP contribution in [-0.4, -0.2) is 40.7 Å². The molecule has 1 aliphatic carbocycles. The highest BCUT2D eigenvalue weighted by atomic mass is 32.1. The van der Waals surface area contributed by atoms with E-state index in [1.165, 1.54) is 6.42 Å². The van der Waals surface area contributed by atoms with E-state index < -0.39 is 0 Å². The van der Waals surface area contributed by atoms with Crippen molar-refractivity contribution >= 4 is 28.9 Å². The predicted molar refractivity (Wildman–Crippen MR) is 111 cm³/mol. The second kappa shape index (κ2) is 8.05. The maximum atomic E-state index is 12.2. The summed E-state index contributed by atoms with van der Waals surface area (Å²) in [7, 11) is 0. The standard InChI is InChI=1S/C21H29N3O2S/c1-2-26-19-10-8-15(9-11-19)23-21(27)24-17-4-3-5-18(24)13-16(12-17)22-20(25)14-6-7-14/h8-11,14,16-18H,2-7,12-13H2,1H3,(H,22,25)(H,23,27)/t17-,18-/m0/s1. The third-order valence-electron chi connectivity index (χ3n) is 5.92. The van der Waals surface area contributed by atoms with E-state index in [1.54, 1.807) is 0 Å². The summed E-state index contributed by atoms with van der Waals surface area (Å²) in [5.41, 5.74) is 0.991. The molecule has 0 aromatic heterocycles. The summed E-state index contributed by atoms with van der Waals surface area (Å²) in [6.45, 7) is 2.65. The number of hydrogen-bond donors (Lipinski definition) is 2. The monoisotopic (exact) mass is 387 g/mol. The van der Waals surface area contributed by atoms with Crippen LogP contribution in [0.5, 0.6) is 5.75 Å². The van der Waals surface area contributed by atoms with Crippen molar-refractivity contribution in [1.82, 2.24) is 10.2 Å². The first-order valence-corrected chi connectivity index (χ1v) is 10.7. The minimum absolute atomic E-state index is 0.265. The van der Waals surface area contributed by atoms with Gasteiger partial charge in [0.25, 0.3) is 0 Å². The zero-order chi connectivity index (χ0) is 18.8. The molecule has 3 aliphatic rings. The van der Waals surface area contributed by atoms with Crippen LogP contribution in [0.15, 0.2) is 24.3 Å². The van der Waals surface area contributed by atoms with Gasteiger partial charge in [-0.2, -0.15) is 0 Å². The first-order chi connectivity index (χ1) is 13.1. The van der Waals surface area contributed by atoms with Crippen molar-refractivity contribution in [3.63, 3.8) is 0 Å². The number of rotatable bonds is 5. The molecule has 4 rings (SSSR count). The molecule has 0 unspecified atom stereocenters. The number of anilines is 1. The number of ether oxygens (including phenoxy) is 1. The molecule has 6 heteroatoms. The van der Waals surface area contributed by atoms with Crippen LogP contribution >= 0.6 is 12.2 Å². The molecule has 2 N–H and O–H groups in total. The molecule has 2 aliphatic heterocycles. The van der Waals surface area contributed by atoms with Gasteiger partial charge in [0, 0.05) is 29.7 Å². The highest BCUT2D eigenvalue weighted by molar-refractivity contribution is 7.80. The summed E-state index contributed by atoms with van der Waals surface area (Å²) in [5.74, 6) is 1.42. The number of nitrogens with one attached hydrogen (secondary N) is 2. The zero-order valence-corrected chi connectivity index (χ0v) is 16.8. The fourth-order valence-electron chi connectivity index (χ4n) is 4.48. The minimum Gasteiger partial charge on any atom is -0.494 e. The SMILES string of the molecule is CCOc1ccc(NC(=S)N2[C@H]3CCC[C@H]2CC(NC(=O)C2CC2)C3)cc1. The van der Waals surface area contributed by atoms with Gasteiger partial charge in [0.05, 0.1) is 6.61 Å². The average Bonchev–Trinajstić information content (AvgIpc) is 3.48. The third-order valence-corrected chi connectivity index (χ3v) is 6.23. The van der Waals surface area contributed by atoms with E-state index in [0.717, 1.165) is 55.1 Å². The molecule has 0 spiro atoms. The van der Waals surface area contributed by atoms with E-state index >= 15 is 0 Å². The Labute approximate surface area is 166 Å². The molecular formula is C21H29N3O2S. The quantitative estimate of drug-likeness (QED) is 0.755. The fraction of sp³-hybridized carbons (Fsp3) is 0.619. The van der Waals surface area contributed by atoms with Crippen molar-refractivity contribution in [3.8, 4) is 5.75 Å². The van der Waals surface area contributed by atoms with Gasteiger partial charge in [0.1, 0.15) is 5.75 Å². The molecule has 1 aromatic carbocycles. The molecule has 5 nitrogen and oxygen atoms in total. The van der Waals surface area contributed by atoms with E-state index in [9.17, 15) is 4.79 Å².